The number of aliphatic hydroxyl groups excluding tert-OH is 3. The average molecular weight is 977 g/mol. The van der Waals surface area contributed by atoms with Gasteiger partial charge in [-0.3, -0.25) is 47.9 Å². The second-order valence-corrected chi connectivity index (χ2v) is 16.9. The summed E-state index contributed by atoms with van der Waals surface area (Å²) in [7, 11) is 0. The number of aliphatic carboxylic acids is 3. The molecule has 0 radical (unpaired) electrons. The highest BCUT2D eigenvalue weighted by Gasteiger charge is 2.36. The number of carbonyl (C=O) groups is 11. The molecule has 0 fully saturated rings. The van der Waals surface area contributed by atoms with Crippen molar-refractivity contribution in [2.24, 2.45) is 29.2 Å². The van der Waals surface area contributed by atoms with Crippen LogP contribution in [0.1, 0.15) is 92.9 Å². The first-order chi connectivity index (χ1) is 31.8. The first kappa shape index (κ1) is 62.0. The van der Waals surface area contributed by atoms with Crippen LogP contribution in [0.3, 0.4) is 0 Å². The molecule has 8 amide bonds. The van der Waals surface area contributed by atoms with Gasteiger partial charge < -0.3 is 84.6 Å². The molecule has 0 unspecified atom stereocenters. The smallest absolute Gasteiger partial charge is 0.326 e. The van der Waals surface area contributed by atoms with E-state index in [-0.39, 0.29) is 25.2 Å². The fraction of sp³-hybridized carbons (Fsp3) is 0.732. The Labute approximate surface area is 393 Å². The lowest BCUT2D eigenvalue weighted by Crippen LogP contribution is -2.62. The Morgan fingerprint density at radius 1 is 0.485 bits per heavy atom. The van der Waals surface area contributed by atoms with E-state index in [2.05, 4.69) is 42.5 Å². The zero-order valence-electron chi connectivity index (χ0n) is 39.2. The lowest BCUT2D eigenvalue weighted by Gasteiger charge is -2.29. The zero-order chi connectivity index (χ0) is 52.4. The van der Waals surface area contributed by atoms with Crippen molar-refractivity contribution >= 4 is 65.2 Å². The molecule has 388 valence electrons. The number of nitrogens with two attached hydrogens (primary N) is 2. The molecule has 68 heavy (non-hydrogen) atoms. The van der Waals surface area contributed by atoms with Crippen molar-refractivity contribution in [3.05, 3.63) is 0 Å². The minimum atomic E-state index is -1.89. The summed E-state index contributed by atoms with van der Waals surface area (Å²) in [6.45, 7) is 6.76. The Hall–Kier alpha value is -6.03. The van der Waals surface area contributed by atoms with Gasteiger partial charge in [0, 0.05) is 6.42 Å². The molecule has 0 aromatic carbocycles. The maximum atomic E-state index is 13.7. The number of carboxylic acid groups (broad SMARTS) is 3. The van der Waals surface area contributed by atoms with E-state index in [0.29, 0.717) is 19.4 Å². The number of rotatable bonds is 34. The van der Waals surface area contributed by atoms with Gasteiger partial charge in [-0.15, -0.1) is 0 Å². The van der Waals surface area contributed by atoms with E-state index < -0.39 is 170 Å². The predicted molar refractivity (Wildman–Crippen MR) is 238 cm³/mol. The summed E-state index contributed by atoms with van der Waals surface area (Å²) in [6, 6.07) is -14.4. The van der Waals surface area contributed by atoms with Crippen molar-refractivity contribution in [1.29, 1.82) is 0 Å². The third kappa shape index (κ3) is 22.6. The summed E-state index contributed by atoms with van der Waals surface area (Å²) < 4.78 is 0. The van der Waals surface area contributed by atoms with Crippen molar-refractivity contribution in [1.82, 2.24) is 42.5 Å². The maximum Gasteiger partial charge on any atom is 0.326 e. The van der Waals surface area contributed by atoms with Crippen LogP contribution in [-0.2, 0) is 52.7 Å². The Bertz CT molecular complexity index is 1730. The Balaban J connectivity index is 6.25. The van der Waals surface area contributed by atoms with Crippen molar-refractivity contribution < 1.29 is 83.4 Å². The second-order valence-electron chi connectivity index (χ2n) is 16.9. The molecule has 0 aromatic rings. The van der Waals surface area contributed by atoms with Gasteiger partial charge in [0.2, 0.25) is 47.3 Å². The van der Waals surface area contributed by atoms with E-state index in [4.69, 9.17) is 11.5 Å². The molecular weight excluding hydrogens is 905 g/mol. The Morgan fingerprint density at radius 3 is 1.31 bits per heavy atom. The van der Waals surface area contributed by atoms with Gasteiger partial charge in [-0.25, -0.2) is 4.79 Å². The van der Waals surface area contributed by atoms with Gasteiger partial charge in [0.1, 0.15) is 48.3 Å². The van der Waals surface area contributed by atoms with Gasteiger partial charge in [-0.05, 0) is 56.4 Å². The summed E-state index contributed by atoms with van der Waals surface area (Å²) in [5, 5.41) is 76.4. The largest absolute Gasteiger partial charge is 0.481 e. The summed E-state index contributed by atoms with van der Waals surface area (Å²) in [6.07, 6.45) is -1.16. The van der Waals surface area contributed by atoms with Gasteiger partial charge in [-0.1, -0.05) is 48.0 Å². The molecule has 0 aliphatic carbocycles. The Morgan fingerprint density at radius 2 is 0.897 bits per heavy atom. The first-order valence-corrected chi connectivity index (χ1v) is 22.2. The molecule has 0 aliphatic rings. The summed E-state index contributed by atoms with van der Waals surface area (Å²) >= 11 is 0. The molecule has 0 saturated carbocycles. The van der Waals surface area contributed by atoms with Gasteiger partial charge in [0.05, 0.1) is 32.3 Å². The maximum absolute atomic E-state index is 13.7. The molecular formula is C41H72N10O17. The molecule has 0 saturated heterocycles. The van der Waals surface area contributed by atoms with E-state index in [1.807, 2.05) is 0 Å². The van der Waals surface area contributed by atoms with Gasteiger partial charge in [0.25, 0.3) is 0 Å². The number of nitrogens with one attached hydrogen (secondary N) is 8. The van der Waals surface area contributed by atoms with Gasteiger partial charge in [-0.2, -0.15) is 0 Å². The van der Waals surface area contributed by atoms with Gasteiger partial charge >= 0.3 is 17.9 Å². The molecule has 10 atom stereocenters. The highest BCUT2D eigenvalue weighted by atomic mass is 16.4. The number of aliphatic hydroxyl groups is 3. The van der Waals surface area contributed by atoms with E-state index in [1.165, 1.54) is 6.92 Å². The van der Waals surface area contributed by atoms with Gasteiger partial charge in [0.15, 0.2) is 0 Å². The van der Waals surface area contributed by atoms with Crippen molar-refractivity contribution in [3.63, 3.8) is 0 Å². The van der Waals surface area contributed by atoms with E-state index in [9.17, 15) is 83.4 Å². The molecule has 0 bridgehead atoms. The fourth-order valence-corrected chi connectivity index (χ4v) is 6.11. The van der Waals surface area contributed by atoms with Crippen LogP contribution in [0.25, 0.3) is 0 Å². The summed E-state index contributed by atoms with van der Waals surface area (Å²) in [5.41, 5.74) is 11.3. The highest BCUT2D eigenvalue weighted by molar-refractivity contribution is 5.98. The zero-order valence-corrected chi connectivity index (χ0v) is 39.2. The predicted octanol–water partition coefficient (Wildman–Crippen LogP) is -5.53. The number of hydrogen-bond donors (Lipinski definition) is 16. The van der Waals surface area contributed by atoms with Crippen molar-refractivity contribution in [2.45, 2.75) is 147 Å². The SMILES string of the molecule is CC[C@H](C)[C@H](NC(=O)[C@H](CCC(=O)O)NC(=O)[C@H](CO)NC(=O)[C@H](CC(=O)O)NC(=O)[C@@H](N)C(C)C)C(=O)N[C@@H](CO)C(=O)N[C@@H](CO)C(=O)N[C@@H](CC(C)C)C(=O)N[C@@H](CCCCN)C(=O)O. The normalized spacial score (nSPS) is 15.6. The molecule has 0 rings (SSSR count). The molecule has 0 heterocycles. The van der Waals surface area contributed by atoms with Crippen LogP contribution in [0.4, 0.5) is 0 Å². The van der Waals surface area contributed by atoms with Crippen LogP contribution in [0.2, 0.25) is 0 Å². The van der Waals surface area contributed by atoms with E-state index in [0.717, 1.165) is 0 Å². The van der Waals surface area contributed by atoms with Crippen LogP contribution >= 0.6 is 0 Å². The van der Waals surface area contributed by atoms with Crippen LogP contribution in [0.15, 0.2) is 0 Å². The summed E-state index contributed by atoms with van der Waals surface area (Å²) in [4.78, 5) is 141. The molecule has 27 heteroatoms. The fourth-order valence-electron chi connectivity index (χ4n) is 6.11. The number of hydrogen-bond acceptors (Lipinski definition) is 16. The third-order valence-electron chi connectivity index (χ3n) is 10.5. The highest BCUT2D eigenvalue weighted by Crippen LogP contribution is 2.12. The lowest BCUT2D eigenvalue weighted by atomic mass is 9.97. The van der Waals surface area contributed by atoms with Crippen LogP contribution < -0.4 is 54.0 Å². The average Bonchev–Trinajstić information content (AvgIpc) is 3.27. The van der Waals surface area contributed by atoms with Crippen molar-refractivity contribution in [3.8, 4) is 0 Å². The topological polar surface area (TPSA) is 457 Å². The van der Waals surface area contributed by atoms with Crippen LogP contribution in [-0.4, -0.2) is 177 Å². The number of carbonyl (C=O) groups excluding carboxylic acids is 8. The lowest BCUT2D eigenvalue weighted by molar-refractivity contribution is -0.143. The van der Waals surface area contributed by atoms with Crippen molar-refractivity contribution in [2.75, 3.05) is 26.4 Å². The quantitative estimate of drug-likeness (QED) is 0.0267. The molecule has 0 spiro atoms. The summed E-state index contributed by atoms with van der Waals surface area (Å²) in [5.74, 6) is -14.4. The number of carboxylic acids is 3. The first-order valence-electron chi connectivity index (χ1n) is 22.2. The number of unbranched alkanes of at least 4 members (excludes halogenated alkanes) is 1. The number of amides is 8. The Kier molecular flexibility index (Phi) is 29.0. The minimum absolute atomic E-state index is 0.0147. The van der Waals surface area contributed by atoms with Crippen LogP contribution in [0.5, 0.6) is 0 Å². The third-order valence-corrected chi connectivity index (χ3v) is 10.5. The monoisotopic (exact) mass is 977 g/mol. The van der Waals surface area contributed by atoms with Crippen LogP contribution in [0, 0.1) is 17.8 Å². The minimum Gasteiger partial charge on any atom is -0.481 e. The van der Waals surface area contributed by atoms with E-state index in [1.54, 1.807) is 34.6 Å². The molecule has 18 N–H and O–H groups in total. The standard InChI is InChI=1S/C41H72N10O17/c1-7-21(6)32(51-33(59)22(11-12-29(55)56)44-36(62)26(16-52)48-35(61)25(15-30(57)58)47-39(65)31(43)20(4)5)40(66)50-28(18-54)38(64)49-27(17-53)37(63)46-24(14-19(2)3)34(60)45-23(41(67)68)10-8-9-13-42/h19-28,31-32,52-54H,7-18,42-43H2,1-6H3,(H,44,62)(H,45,60)(H,46,63)(H,47,65)(H,48,61)(H,49,64)(H,50,66)(H,51,59)(H,55,56)(H,57,58)(H,67,68)/t21-,22-,23-,24-,25-,26-,27-,28-,31-,32-/m0/s1. The molecule has 0 aliphatic heterocycles. The molecule has 27 nitrogen and oxygen atoms in total. The van der Waals surface area contributed by atoms with E-state index >= 15 is 0 Å². The molecule has 0 aromatic heterocycles. The second kappa shape index (κ2) is 31.9.